The zero-order chi connectivity index (χ0) is 27.0. The fourth-order valence-corrected chi connectivity index (χ4v) is 10.3. The number of allylic oxidation sites excluding steroid dienone is 4. The van der Waals surface area contributed by atoms with E-state index < -0.39 is 80.3 Å². The molecule has 1 N–H and O–H groups in total. The van der Waals surface area contributed by atoms with Gasteiger partial charge in [0.1, 0.15) is 17.4 Å². The Kier molecular flexibility index (Phi) is 6.75. The van der Waals surface area contributed by atoms with Crippen molar-refractivity contribution in [1.82, 2.24) is 0 Å². The van der Waals surface area contributed by atoms with Gasteiger partial charge >= 0.3 is 5.97 Å². The van der Waals surface area contributed by atoms with Crippen LogP contribution in [0, 0.1) is 28.6 Å². The van der Waals surface area contributed by atoms with Gasteiger partial charge < -0.3 is 9.84 Å². The molecule has 5 nitrogen and oxygen atoms in total. The first-order valence-corrected chi connectivity index (χ1v) is 14.9. The molecule has 4 fully saturated rings. The third kappa shape index (κ3) is 3.53. The third-order valence-corrected chi connectivity index (χ3v) is 12.1. The van der Waals surface area contributed by atoms with Crippen molar-refractivity contribution in [3.05, 3.63) is 23.8 Å². The normalized spacial score (nSPS) is 48.6. The number of hydrogen-bond acceptors (Lipinski definition) is 7. The Morgan fingerprint density at radius 3 is 2.65 bits per heavy atom. The minimum absolute atomic E-state index is 0.0208. The van der Waals surface area contributed by atoms with Crippen molar-refractivity contribution in [2.45, 2.75) is 81.7 Å². The number of ether oxygens (including phenoxy) is 1. The van der Waals surface area contributed by atoms with Crippen LogP contribution in [0.3, 0.4) is 0 Å². The number of alkyl halides is 3. The maximum Gasteiger partial charge on any atom is 0.320 e. The van der Waals surface area contributed by atoms with Crippen LogP contribution in [0.1, 0.15) is 52.9 Å². The molecule has 0 aromatic carbocycles. The Morgan fingerprint density at radius 2 is 2.00 bits per heavy atom. The smallest absolute Gasteiger partial charge is 0.320 e. The van der Waals surface area contributed by atoms with Crippen LogP contribution in [-0.4, -0.2) is 62.5 Å². The molecule has 10 heteroatoms. The van der Waals surface area contributed by atoms with Crippen LogP contribution >= 0.6 is 23.5 Å². The Hall–Kier alpha value is -1.26. The molecule has 0 spiro atoms. The van der Waals surface area contributed by atoms with Crippen molar-refractivity contribution in [3.63, 3.8) is 0 Å². The van der Waals surface area contributed by atoms with Gasteiger partial charge in [0, 0.05) is 22.7 Å². The zero-order valence-electron chi connectivity index (χ0n) is 21.2. The SMILES string of the molecule is C[C@@H]1C[C@H]2[C@@H]3C[C@H](F)C4=CC(=O)C=C[C@]4(C)[C@@]3(F)[C@@H](O)C[C@]2(C)[C@@]1(OC(=O)C1CCCS1)C(=O)SCF. The third-order valence-electron chi connectivity index (χ3n) is 10.1. The molecule has 5 aliphatic rings. The first-order valence-electron chi connectivity index (χ1n) is 12.9. The van der Waals surface area contributed by atoms with E-state index in [4.69, 9.17) is 4.74 Å². The van der Waals surface area contributed by atoms with E-state index >= 15 is 8.78 Å². The second-order valence-electron chi connectivity index (χ2n) is 11.7. The maximum absolute atomic E-state index is 17.4. The number of halogens is 3. The standard InChI is InChI=1S/C27H33F3O5S2/c1-14-9-16-17-11-19(29)18-10-15(31)6-7-24(18,2)26(17,30)21(32)12-25(16,3)27(14,23(34)37-13-28)35-22(33)20-5-4-8-36-20/h6-7,10,14,16-17,19-21,32H,4-5,8-9,11-13H2,1-3H3/t14-,16+,17+,19+,20?,21+,24+,25+,26+,27+/m1/s1. The summed E-state index contributed by atoms with van der Waals surface area (Å²) < 4.78 is 52.7. The molecule has 0 aromatic heterocycles. The fourth-order valence-electron chi connectivity index (χ4n) is 8.36. The highest BCUT2D eigenvalue weighted by molar-refractivity contribution is 8.13. The van der Waals surface area contributed by atoms with Crippen LogP contribution in [0.5, 0.6) is 0 Å². The van der Waals surface area contributed by atoms with E-state index in [0.717, 1.165) is 18.2 Å². The Morgan fingerprint density at radius 1 is 1.27 bits per heavy atom. The molecule has 1 aliphatic heterocycles. The van der Waals surface area contributed by atoms with Gasteiger partial charge in [0.2, 0.25) is 5.12 Å². The summed E-state index contributed by atoms with van der Waals surface area (Å²) in [6.45, 7) is 4.96. The number of fused-ring (bicyclic) bond motifs is 5. The molecular weight excluding hydrogens is 525 g/mol. The van der Waals surface area contributed by atoms with Gasteiger partial charge in [-0.05, 0) is 80.2 Å². The van der Waals surface area contributed by atoms with Gasteiger partial charge in [-0.2, -0.15) is 0 Å². The van der Waals surface area contributed by atoms with Crippen LogP contribution in [0.4, 0.5) is 13.2 Å². The van der Waals surface area contributed by atoms with Crippen molar-refractivity contribution in [2.24, 2.45) is 28.6 Å². The van der Waals surface area contributed by atoms with E-state index in [1.54, 1.807) is 13.8 Å². The Balaban J connectivity index is 1.61. The molecule has 4 aliphatic carbocycles. The number of carbonyl (C=O) groups is 3. The second kappa shape index (κ2) is 9.15. The summed E-state index contributed by atoms with van der Waals surface area (Å²) in [6, 6.07) is -1.01. The minimum atomic E-state index is -2.31. The number of hydrogen-bond donors (Lipinski definition) is 1. The molecule has 0 bridgehead atoms. The van der Waals surface area contributed by atoms with Crippen molar-refractivity contribution in [3.8, 4) is 0 Å². The number of carbonyl (C=O) groups excluding carboxylic acids is 3. The minimum Gasteiger partial charge on any atom is -0.448 e. The molecule has 3 saturated carbocycles. The number of esters is 1. The predicted molar refractivity (Wildman–Crippen MR) is 136 cm³/mol. The summed E-state index contributed by atoms with van der Waals surface area (Å²) >= 11 is 1.87. The fraction of sp³-hybridized carbons (Fsp3) is 0.741. The van der Waals surface area contributed by atoms with Gasteiger partial charge in [-0.25, -0.2) is 13.2 Å². The van der Waals surface area contributed by atoms with Crippen molar-refractivity contribution in [2.75, 3.05) is 11.8 Å². The molecule has 5 rings (SSSR count). The van der Waals surface area contributed by atoms with Gasteiger partial charge in [-0.1, -0.05) is 19.9 Å². The number of ketones is 1. The highest BCUT2D eigenvalue weighted by Crippen LogP contribution is 2.72. The summed E-state index contributed by atoms with van der Waals surface area (Å²) in [7, 11) is 0. The average Bonchev–Trinajstić information content (AvgIpc) is 3.45. The average molecular weight is 559 g/mol. The summed E-state index contributed by atoms with van der Waals surface area (Å²) in [5, 5.41) is 10.4. The monoisotopic (exact) mass is 558 g/mol. The van der Waals surface area contributed by atoms with Gasteiger partial charge in [0.25, 0.3) is 0 Å². The maximum atomic E-state index is 17.4. The Bertz CT molecular complexity index is 1080. The molecular formula is C27H33F3O5S2. The van der Waals surface area contributed by atoms with Gasteiger partial charge in [0.05, 0.1) is 6.10 Å². The van der Waals surface area contributed by atoms with E-state index in [0.29, 0.717) is 18.2 Å². The number of rotatable bonds is 4. The highest BCUT2D eigenvalue weighted by atomic mass is 32.2. The molecule has 204 valence electrons. The summed E-state index contributed by atoms with van der Waals surface area (Å²) in [5.74, 6) is -2.40. The van der Waals surface area contributed by atoms with Gasteiger partial charge in [0.15, 0.2) is 17.1 Å². The zero-order valence-corrected chi connectivity index (χ0v) is 22.8. The van der Waals surface area contributed by atoms with Crippen LogP contribution in [0.2, 0.25) is 0 Å². The molecule has 1 heterocycles. The number of thioether (sulfide) groups is 2. The van der Waals surface area contributed by atoms with Crippen molar-refractivity contribution in [1.29, 1.82) is 0 Å². The van der Waals surface area contributed by atoms with Gasteiger partial charge in [-0.15, -0.1) is 11.8 Å². The molecule has 37 heavy (non-hydrogen) atoms. The van der Waals surface area contributed by atoms with Crippen molar-refractivity contribution < 1.29 is 37.4 Å². The lowest BCUT2D eigenvalue weighted by atomic mass is 9.44. The molecule has 1 saturated heterocycles. The van der Waals surface area contributed by atoms with Crippen molar-refractivity contribution >= 4 is 40.4 Å². The Labute approximate surface area is 223 Å². The lowest BCUT2D eigenvalue weighted by Crippen LogP contribution is -2.70. The summed E-state index contributed by atoms with van der Waals surface area (Å²) in [6.07, 6.45) is 1.68. The first-order chi connectivity index (χ1) is 17.4. The molecule has 1 unspecified atom stereocenters. The summed E-state index contributed by atoms with van der Waals surface area (Å²) in [4.78, 5) is 39.0. The second-order valence-corrected chi connectivity index (χ2v) is 13.9. The number of aliphatic hydroxyl groups excluding tert-OH is 1. The molecule has 0 aromatic rings. The molecule has 0 radical (unpaired) electrons. The highest BCUT2D eigenvalue weighted by Gasteiger charge is 2.78. The number of aliphatic hydroxyl groups is 1. The predicted octanol–water partition coefficient (Wildman–Crippen LogP) is 4.92. The first kappa shape index (κ1) is 27.3. The van der Waals surface area contributed by atoms with Crippen LogP contribution < -0.4 is 0 Å². The molecule has 0 amide bonds. The van der Waals surface area contributed by atoms with Gasteiger partial charge in [-0.3, -0.25) is 14.4 Å². The van der Waals surface area contributed by atoms with E-state index in [2.05, 4.69) is 0 Å². The van der Waals surface area contributed by atoms with E-state index in [-0.39, 0.29) is 24.8 Å². The lowest BCUT2D eigenvalue weighted by Gasteiger charge is -2.63. The largest absolute Gasteiger partial charge is 0.448 e. The van der Waals surface area contributed by atoms with Crippen LogP contribution in [-0.2, 0) is 19.1 Å². The molecule has 10 atom stereocenters. The van der Waals surface area contributed by atoms with E-state index in [1.807, 2.05) is 0 Å². The van der Waals surface area contributed by atoms with E-state index in [9.17, 15) is 23.9 Å². The lowest BCUT2D eigenvalue weighted by molar-refractivity contribution is -0.228. The summed E-state index contributed by atoms with van der Waals surface area (Å²) in [5.41, 5.74) is -6.85. The van der Waals surface area contributed by atoms with E-state index in [1.165, 1.54) is 30.8 Å². The van der Waals surface area contributed by atoms with Crippen LogP contribution in [0.15, 0.2) is 23.8 Å². The topological polar surface area (TPSA) is 80.7 Å². The quantitative estimate of drug-likeness (QED) is 0.491. The van der Waals surface area contributed by atoms with Crippen LogP contribution in [0.25, 0.3) is 0 Å².